The van der Waals surface area contributed by atoms with Crippen LogP contribution in [0.1, 0.15) is 44.6 Å². The zero-order valence-electron chi connectivity index (χ0n) is 13.0. The zero-order chi connectivity index (χ0) is 15.9. The minimum Gasteiger partial charge on any atom is -0.382 e. The van der Waals surface area contributed by atoms with Crippen molar-refractivity contribution in [2.75, 3.05) is 0 Å². The number of rotatable bonds is 6. The van der Waals surface area contributed by atoms with E-state index in [1.54, 1.807) is 12.1 Å². The van der Waals surface area contributed by atoms with E-state index in [2.05, 4.69) is 10.6 Å². The molecule has 22 heavy (non-hydrogen) atoms. The molecular weight excluding hydrogens is 300 g/mol. The molecule has 0 heterocycles. The van der Waals surface area contributed by atoms with Crippen molar-refractivity contribution in [2.45, 2.75) is 63.8 Å². The van der Waals surface area contributed by atoms with Crippen molar-refractivity contribution in [1.82, 2.24) is 10.6 Å². The Hall–Kier alpha value is -1.10. The van der Waals surface area contributed by atoms with Crippen molar-refractivity contribution in [2.24, 2.45) is 0 Å². The van der Waals surface area contributed by atoms with Crippen LogP contribution < -0.4 is 10.6 Å². The second-order valence-corrected chi connectivity index (χ2v) is 6.52. The Morgan fingerprint density at radius 2 is 2.09 bits per heavy atom. The van der Waals surface area contributed by atoms with Gasteiger partial charge in [-0.1, -0.05) is 43.0 Å². The summed E-state index contributed by atoms with van der Waals surface area (Å²) in [6.45, 7) is 2.23. The number of carbonyl (C=O) groups excluding carboxylic acids is 1. The number of aliphatic hydroxyl groups excluding tert-OH is 1. The van der Waals surface area contributed by atoms with Gasteiger partial charge in [-0.15, -0.1) is 0 Å². The minimum absolute atomic E-state index is 0.248. The summed E-state index contributed by atoms with van der Waals surface area (Å²) in [4.78, 5) is 12.1. The van der Waals surface area contributed by atoms with Crippen molar-refractivity contribution in [3.8, 4) is 0 Å². The molecule has 2 rings (SSSR count). The minimum atomic E-state index is -1.04. The SMILES string of the molecule is CC(NC1CCCCC1)C(O)C(=O)NCc1cccc(Cl)c1. The highest BCUT2D eigenvalue weighted by atomic mass is 35.5. The third-order valence-corrected chi connectivity index (χ3v) is 4.44. The van der Waals surface area contributed by atoms with E-state index in [4.69, 9.17) is 11.6 Å². The fourth-order valence-corrected chi connectivity index (χ4v) is 3.11. The topological polar surface area (TPSA) is 61.4 Å². The van der Waals surface area contributed by atoms with Gasteiger partial charge in [-0.05, 0) is 37.5 Å². The summed E-state index contributed by atoms with van der Waals surface area (Å²) in [7, 11) is 0. The molecule has 0 aliphatic heterocycles. The normalized spacial score (nSPS) is 18.7. The molecule has 1 amide bonds. The first-order valence-electron chi connectivity index (χ1n) is 8.02. The summed E-state index contributed by atoms with van der Waals surface area (Å²) in [5.41, 5.74) is 0.918. The van der Waals surface area contributed by atoms with E-state index in [0.717, 1.165) is 18.4 Å². The largest absolute Gasteiger partial charge is 0.382 e. The Kier molecular flexibility index (Phi) is 6.68. The second kappa shape index (κ2) is 8.51. The molecule has 5 heteroatoms. The molecule has 4 nitrogen and oxygen atoms in total. The number of benzene rings is 1. The molecule has 1 fully saturated rings. The highest BCUT2D eigenvalue weighted by Crippen LogP contribution is 2.18. The van der Waals surface area contributed by atoms with Gasteiger partial charge in [0.2, 0.25) is 0 Å². The van der Waals surface area contributed by atoms with Gasteiger partial charge in [0.05, 0.1) is 0 Å². The van der Waals surface area contributed by atoms with Crippen molar-refractivity contribution in [3.63, 3.8) is 0 Å². The summed E-state index contributed by atoms with van der Waals surface area (Å²) in [5.74, 6) is -0.351. The Morgan fingerprint density at radius 3 is 2.77 bits per heavy atom. The quantitative estimate of drug-likeness (QED) is 0.754. The Labute approximate surface area is 137 Å². The average Bonchev–Trinajstić information content (AvgIpc) is 2.53. The Bertz CT molecular complexity index is 489. The van der Waals surface area contributed by atoms with Crippen LogP contribution in [0.5, 0.6) is 0 Å². The van der Waals surface area contributed by atoms with Gasteiger partial charge in [0.1, 0.15) is 6.10 Å². The van der Waals surface area contributed by atoms with E-state index < -0.39 is 6.10 Å². The molecule has 2 atom stereocenters. The van der Waals surface area contributed by atoms with Gasteiger partial charge in [0.25, 0.3) is 5.91 Å². The first-order valence-corrected chi connectivity index (χ1v) is 8.40. The molecule has 0 bridgehead atoms. The first kappa shape index (κ1) is 17.3. The van der Waals surface area contributed by atoms with Crippen LogP contribution in [0.3, 0.4) is 0 Å². The number of nitrogens with one attached hydrogen (secondary N) is 2. The molecule has 0 saturated heterocycles. The van der Waals surface area contributed by atoms with Crippen LogP contribution in [0.4, 0.5) is 0 Å². The summed E-state index contributed by atoms with van der Waals surface area (Å²) in [6.07, 6.45) is 4.95. The second-order valence-electron chi connectivity index (χ2n) is 6.08. The number of hydrogen-bond acceptors (Lipinski definition) is 3. The maximum absolute atomic E-state index is 12.1. The molecule has 0 aromatic heterocycles. The zero-order valence-corrected chi connectivity index (χ0v) is 13.8. The first-order chi connectivity index (χ1) is 10.6. The van der Waals surface area contributed by atoms with E-state index in [0.29, 0.717) is 17.6 Å². The number of carbonyl (C=O) groups is 1. The van der Waals surface area contributed by atoms with Crippen molar-refractivity contribution < 1.29 is 9.90 Å². The molecule has 0 radical (unpaired) electrons. The summed E-state index contributed by atoms with van der Waals surface area (Å²) in [6, 6.07) is 7.49. The van der Waals surface area contributed by atoms with Crippen LogP contribution in [0.2, 0.25) is 5.02 Å². The fraction of sp³-hybridized carbons (Fsp3) is 0.588. The van der Waals surface area contributed by atoms with E-state index in [-0.39, 0.29) is 11.9 Å². The van der Waals surface area contributed by atoms with Gasteiger partial charge in [0.15, 0.2) is 0 Å². The standard InChI is InChI=1S/C17H25ClN2O2/c1-12(20-15-8-3-2-4-9-15)16(21)17(22)19-11-13-6-5-7-14(18)10-13/h5-7,10,12,15-16,20-21H,2-4,8-9,11H2,1H3,(H,19,22). The predicted molar refractivity (Wildman–Crippen MR) is 88.8 cm³/mol. The van der Waals surface area contributed by atoms with Crippen LogP contribution in [-0.2, 0) is 11.3 Å². The fourth-order valence-electron chi connectivity index (χ4n) is 2.90. The van der Waals surface area contributed by atoms with E-state index in [1.807, 2.05) is 19.1 Å². The summed E-state index contributed by atoms with van der Waals surface area (Å²) >= 11 is 5.91. The highest BCUT2D eigenvalue weighted by Gasteiger charge is 2.25. The third-order valence-electron chi connectivity index (χ3n) is 4.20. The summed E-state index contributed by atoms with van der Waals surface area (Å²) < 4.78 is 0. The average molecular weight is 325 g/mol. The molecule has 1 aromatic carbocycles. The molecule has 1 aliphatic carbocycles. The molecule has 1 saturated carbocycles. The molecular formula is C17H25ClN2O2. The van der Waals surface area contributed by atoms with E-state index in [9.17, 15) is 9.90 Å². The lowest BCUT2D eigenvalue weighted by molar-refractivity contribution is -0.130. The third kappa shape index (κ3) is 5.27. The molecule has 2 unspecified atom stereocenters. The van der Waals surface area contributed by atoms with Crippen LogP contribution in [0.15, 0.2) is 24.3 Å². The number of hydrogen-bond donors (Lipinski definition) is 3. The van der Waals surface area contributed by atoms with E-state index >= 15 is 0 Å². The molecule has 1 aromatic rings. The molecule has 1 aliphatic rings. The van der Waals surface area contributed by atoms with Gasteiger partial charge in [-0.3, -0.25) is 4.79 Å². The van der Waals surface area contributed by atoms with Crippen LogP contribution in [0.25, 0.3) is 0 Å². The maximum atomic E-state index is 12.1. The number of halogens is 1. The molecule has 3 N–H and O–H groups in total. The molecule has 122 valence electrons. The Morgan fingerprint density at radius 1 is 1.36 bits per heavy atom. The lowest BCUT2D eigenvalue weighted by Crippen LogP contribution is -2.50. The monoisotopic (exact) mass is 324 g/mol. The van der Waals surface area contributed by atoms with Gasteiger partial charge in [0, 0.05) is 23.7 Å². The van der Waals surface area contributed by atoms with Crippen molar-refractivity contribution in [3.05, 3.63) is 34.9 Å². The lowest BCUT2D eigenvalue weighted by atomic mass is 9.94. The van der Waals surface area contributed by atoms with Gasteiger partial charge < -0.3 is 15.7 Å². The Balaban J connectivity index is 1.77. The van der Waals surface area contributed by atoms with Gasteiger partial charge in [-0.2, -0.15) is 0 Å². The summed E-state index contributed by atoms with van der Waals surface area (Å²) in [5, 5.41) is 16.9. The molecule has 0 spiro atoms. The van der Waals surface area contributed by atoms with E-state index in [1.165, 1.54) is 19.3 Å². The van der Waals surface area contributed by atoms with Crippen LogP contribution in [0, 0.1) is 0 Å². The van der Waals surface area contributed by atoms with Gasteiger partial charge >= 0.3 is 0 Å². The lowest BCUT2D eigenvalue weighted by Gasteiger charge is -2.28. The van der Waals surface area contributed by atoms with Crippen molar-refractivity contribution >= 4 is 17.5 Å². The predicted octanol–water partition coefficient (Wildman–Crippen LogP) is 2.63. The maximum Gasteiger partial charge on any atom is 0.250 e. The number of amides is 1. The van der Waals surface area contributed by atoms with Crippen LogP contribution >= 0.6 is 11.6 Å². The highest BCUT2D eigenvalue weighted by molar-refractivity contribution is 6.30. The smallest absolute Gasteiger partial charge is 0.250 e. The van der Waals surface area contributed by atoms with Crippen molar-refractivity contribution in [1.29, 1.82) is 0 Å². The van der Waals surface area contributed by atoms with Crippen LogP contribution in [-0.4, -0.2) is 29.2 Å². The van der Waals surface area contributed by atoms with Gasteiger partial charge in [-0.25, -0.2) is 0 Å². The number of aliphatic hydroxyl groups is 1.